The van der Waals surface area contributed by atoms with Crippen molar-refractivity contribution < 1.29 is 19.0 Å². The number of carbonyl (C=O) groups is 1. The molecule has 0 saturated carbocycles. The van der Waals surface area contributed by atoms with Crippen molar-refractivity contribution in [3.8, 4) is 17.0 Å². The number of benzene rings is 2. The van der Waals surface area contributed by atoms with Gasteiger partial charge in [-0.3, -0.25) is 9.20 Å². The van der Waals surface area contributed by atoms with E-state index in [4.69, 9.17) is 14.2 Å². The molecule has 0 radical (unpaired) electrons. The van der Waals surface area contributed by atoms with Gasteiger partial charge in [0.25, 0.3) is 0 Å². The summed E-state index contributed by atoms with van der Waals surface area (Å²) in [5, 5.41) is 3.39. The maximum Gasteiger partial charge on any atom is 0.180 e. The number of aromatic nitrogens is 3. The fraction of sp³-hybridized carbons (Fsp3) is 0.441. The topological polar surface area (TPSA) is 87.0 Å². The molecule has 1 fully saturated rings. The zero-order chi connectivity index (χ0) is 29.1. The summed E-state index contributed by atoms with van der Waals surface area (Å²) in [5.74, 6) is 2.46. The second kappa shape index (κ2) is 14.9. The van der Waals surface area contributed by atoms with Crippen molar-refractivity contribution in [2.24, 2.45) is 5.92 Å². The molecule has 8 heteroatoms. The summed E-state index contributed by atoms with van der Waals surface area (Å²) >= 11 is 0. The molecule has 0 unspecified atom stereocenters. The van der Waals surface area contributed by atoms with Crippen LogP contribution in [0.5, 0.6) is 5.75 Å². The number of fused-ring (bicyclic) bond motifs is 1. The van der Waals surface area contributed by atoms with Crippen LogP contribution in [0.2, 0.25) is 0 Å². The third kappa shape index (κ3) is 7.75. The number of imidazole rings is 1. The van der Waals surface area contributed by atoms with E-state index in [9.17, 15) is 4.79 Å². The van der Waals surface area contributed by atoms with Crippen molar-refractivity contribution in [2.45, 2.75) is 58.3 Å². The highest BCUT2D eigenvalue weighted by molar-refractivity contribution is 5.97. The minimum atomic E-state index is 0.189. The van der Waals surface area contributed by atoms with Gasteiger partial charge in [0.1, 0.15) is 5.75 Å². The van der Waals surface area contributed by atoms with E-state index in [1.165, 1.54) is 19.3 Å². The Labute approximate surface area is 248 Å². The van der Waals surface area contributed by atoms with Gasteiger partial charge in [-0.1, -0.05) is 6.42 Å². The van der Waals surface area contributed by atoms with E-state index in [1.54, 1.807) is 13.3 Å². The van der Waals surface area contributed by atoms with Crippen molar-refractivity contribution in [1.29, 1.82) is 0 Å². The fourth-order valence-electron chi connectivity index (χ4n) is 5.59. The molecular formula is C34H42N4O4. The number of carbonyl (C=O) groups excluding carboxylic acids is 1. The molecule has 2 aromatic heterocycles. The maximum absolute atomic E-state index is 12.9. The first-order valence-electron chi connectivity index (χ1n) is 15.1. The zero-order valence-corrected chi connectivity index (χ0v) is 24.8. The van der Waals surface area contributed by atoms with Gasteiger partial charge in [-0.15, -0.1) is 0 Å². The van der Waals surface area contributed by atoms with Crippen LogP contribution < -0.4 is 10.1 Å². The number of nitrogens with one attached hydrogen (secondary N) is 1. The first-order chi connectivity index (χ1) is 20.6. The number of aryl methyl sites for hydroxylation is 1. The zero-order valence-electron chi connectivity index (χ0n) is 24.8. The quantitative estimate of drug-likeness (QED) is 0.118. The Morgan fingerprint density at radius 3 is 2.62 bits per heavy atom. The van der Waals surface area contributed by atoms with Crippen LogP contribution in [0, 0.1) is 12.8 Å². The molecule has 1 aliphatic rings. The molecule has 42 heavy (non-hydrogen) atoms. The molecule has 0 atom stereocenters. The Morgan fingerprint density at radius 2 is 1.83 bits per heavy atom. The largest absolute Gasteiger partial charge is 0.497 e. The van der Waals surface area contributed by atoms with Gasteiger partial charge >= 0.3 is 0 Å². The Balaban J connectivity index is 1.08. The van der Waals surface area contributed by atoms with Gasteiger partial charge in [0.05, 0.1) is 19.0 Å². The monoisotopic (exact) mass is 570 g/mol. The second-order valence-electron chi connectivity index (χ2n) is 11.0. The first-order valence-corrected chi connectivity index (χ1v) is 15.1. The standard InChI is InChI=1S/C34H42N4O4/c1-25-23-28(37-33-34-36-24-31(38(34)18-17-35-33)27-9-12-29(40-2)13-10-27)11-14-30(25)32(39)8-4-3-5-19-41-20-6-7-26-15-21-42-22-16-26/h9-14,17-18,23-24,26H,3-8,15-16,19-22H2,1-2H3,(H,35,37). The molecule has 1 saturated heterocycles. The molecule has 1 N–H and O–H groups in total. The van der Waals surface area contributed by atoms with Crippen LogP contribution in [-0.2, 0) is 9.47 Å². The normalized spacial score (nSPS) is 13.9. The molecule has 0 amide bonds. The number of Topliss-reactive ketones (excluding diaryl/α,β-unsaturated/α-hetero) is 1. The lowest BCUT2D eigenvalue weighted by atomic mass is 9.95. The van der Waals surface area contributed by atoms with Crippen LogP contribution in [0.1, 0.15) is 67.3 Å². The average molecular weight is 571 g/mol. The number of methoxy groups -OCH3 is 1. The van der Waals surface area contributed by atoms with Crippen molar-refractivity contribution in [3.63, 3.8) is 0 Å². The molecular weight excluding hydrogens is 528 g/mol. The van der Waals surface area contributed by atoms with Gasteiger partial charge in [-0.25, -0.2) is 9.97 Å². The molecule has 4 aromatic rings. The molecule has 0 bridgehead atoms. The number of hydrogen-bond acceptors (Lipinski definition) is 7. The lowest BCUT2D eigenvalue weighted by Gasteiger charge is -2.21. The van der Waals surface area contributed by atoms with Crippen molar-refractivity contribution in [1.82, 2.24) is 14.4 Å². The maximum atomic E-state index is 12.9. The predicted octanol–water partition coefficient (Wildman–Crippen LogP) is 7.42. The lowest BCUT2D eigenvalue weighted by Crippen LogP contribution is -2.16. The third-order valence-electron chi connectivity index (χ3n) is 8.04. The Bertz CT molecular complexity index is 1440. The number of hydrogen-bond donors (Lipinski definition) is 1. The SMILES string of the molecule is COc1ccc(-c2cnc3c(Nc4ccc(C(=O)CCCCCOCCCC5CCOCC5)c(C)c4)nccn23)cc1. The highest BCUT2D eigenvalue weighted by atomic mass is 16.5. The van der Waals surface area contributed by atoms with E-state index in [0.29, 0.717) is 12.2 Å². The molecule has 3 heterocycles. The van der Waals surface area contributed by atoms with Crippen molar-refractivity contribution >= 4 is 22.9 Å². The van der Waals surface area contributed by atoms with Crippen molar-refractivity contribution in [2.75, 3.05) is 38.9 Å². The molecule has 5 rings (SSSR count). The Hall–Kier alpha value is -3.75. The summed E-state index contributed by atoms with van der Waals surface area (Å²) in [5.41, 5.74) is 5.32. The fourth-order valence-corrected chi connectivity index (χ4v) is 5.59. The van der Waals surface area contributed by atoms with Crippen LogP contribution in [0.4, 0.5) is 11.5 Å². The summed E-state index contributed by atoms with van der Waals surface area (Å²) in [6.07, 6.45) is 13.7. The molecule has 222 valence electrons. The van der Waals surface area contributed by atoms with Crippen LogP contribution in [0.25, 0.3) is 16.9 Å². The summed E-state index contributed by atoms with van der Waals surface area (Å²) in [7, 11) is 1.66. The van der Waals surface area contributed by atoms with E-state index in [2.05, 4.69) is 15.3 Å². The summed E-state index contributed by atoms with van der Waals surface area (Å²) in [6, 6.07) is 13.7. The first kappa shape index (κ1) is 29.7. The molecule has 0 aliphatic carbocycles. The average Bonchev–Trinajstić information content (AvgIpc) is 3.46. The van der Waals surface area contributed by atoms with E-state index in [0.717, 1.165) is 97.5 Å². The summed E-state index contributed by atoms with van der Waals surface area (Å²) in [4.78, 5) is 22.1. The van der Waals surface area contributed by atoms with Gasteiger partial charge in [-0.2, -0.15) is 0 Å². The Morgan fingerprint density at radius 1 is 1.02 bits per heavy atom. The van der Waals surface area contributed by atoms with Crippen LogP contribution in [-0.4, -0.2) is 53.7 Å². The highest BCUT2D eigenvalue weighted by Crippen LogP contribution is 2.27. The van der Waals surface area contributed by atoms with Gasteiger partial charge in [-0.05, 0) is 99.4 Å². The van der Waals surface area contributed by atoms with Crippen LogP contribution in [0.3, 0.4) is 0 Å². The number of anilines is 2. The van der Waals surface area contributed by atoms with Gasteiger partial charge < -0.3 is 19.5 Å². The minimum Gasteiger partial charge on any atom is -0.497 e. The van der Waals surface area contributed by atoms with E-state index in [1.807, 2.05) is 66.2 Å². The third-order valence-corrected chi connectivity index (χ3v) is 8.04. The molecule has 1 aliphatic heterocycles. The lowest BCUT2D eigenvalue weighted by molar-refractivity contribution is 0.0578. The van der Waals surface area contributed by atoms with Gasteiger partial charge in [0.2, 0.25) is 0 Å². The highest BCUT2D eigenvalue weighted by Gasteiger charge is 2.14. The van der Waals surface area contributed by atoms with Gasteiger partial charge in [0.15, 0.2) is 17.2 Å². The van der Waals surface area contributed by atoms with Crippen LogP contribution in [0.15, 0.2) is 61.1 Å². The number of rotatable bonds is 15. The number of ketones is 1. The van der Waals surface area contributed by atoms with E-state index < -0.39 is 0 Å². The smallest absolute Gasteiger partial charge is 0.180 e. The predicted molar refractivity (Wildman–Crippen MR) is 166 cm³/mol. The minimum absolute atomic E-state index is 0.189. The van der Waals surface area contributed by atoms with E-state index >= 15 is 0 Å². The molecule has 8 nitrogen and oxygen atoms in total. The van der Waals surface area contributed by atoms with Crippen molar-refractivity contribution in [3.05, 3.63) is 72.2 Å². The Kier molecular flexibility index (Phi) is 10.6. The number of ether oxygens (including phenoxy) is 3. The van der Waals surface area contributed by atoms with E-state index in [-0.39, 0.29) is 5.78 Å². The second-order valence-corrected chi connectivity index (χ2v) is 11.0. The number of unbranched alkanes of at least 4 members (excludes halogenated alkanes) is 2. The summed E-state index contributed by atoms with van der Waals surface area (Å²) in [6.45, 7) is 5.43. The molecule has 2 aromatic carbocycles. The summed E-state index contributed by atoms with van der Waals surface area (Å²) < 4.78 is 18.5. The molecule has 0 spiro atoms. The number of nitrogens with zero attached hydrogens (tertiary/aromatic N) is 3. The van der Waals surface area contributed by atoms with Gasteiger partial charge in [0, 0.05) is 62.1 Å². The van der Waals surface area contributed by atoms with Crippen LogP contribution >= 0.6 is 0 Å².